The van der Waals surface area contributed by atoms with Gasteiger partial charge in [-0.25, -0.2) is 14.8 Å². The van der Waals surface area contributed by atoms with Crippen LogP contribution in [0.5, 0.6) is 0 Å². The van der Waals surface area contributed by atoms with Crippen molar-refractivity contribution in [3.05, 3.63) is 29.6 Å². The first-order chi connectivity index (χ1) is 11.3. The van der Waals surface area contributed by atoms with Crippen LogP contribution in [0, 0.1) is 5.92 Å². The second kappa shape index (κ2) is 5.33. The van der Waals surface area contributed by atoms with Crippen LogP contribution in [0.3, 0.4) is 0 Å². The van der Waals surface area contributed by atoms with Crippen molar-refractivity contribution in [1.82, 2.24) is 15.0 Å². The number of fused-ring (bicyclic) bond motifs is 1. The smallest absolute Gasteiger partial charge is 0.338 e. The van der Waals surface area contributed by atoms with Crippen LogP contribution in [0.2, 0.25) is 0 Å². The van der Waals surface area contributed by atoms with Gasteiger partial charge in [0.2, 0.25) is 0 Å². The summed E-state index contributed by atoms with van der Waals surface area (Å²) in [5, 5.41) is 12.2. The van der Waals surface area contributed by atoms with E-state index in [1.807, 2.05) is 13.8 Å². The Morgan fingerprint density at radius 1 is 1.46 bits per heavy atom. The highest BCUT2D eigenvalue weighted by Gasteiger charge is 2.43. The van der Waals surface area contributed by atoms with E-state index in [-0.39, 0.29) is 28.9 Å². The number of rotatable bonds is 4. The normalized spacial score (nSPS) is 20.4. The number of amides is 1. The Bertz CT molecular complexity index is 884. The van der Waals surface area contributed by atoms with Gasteiger partial charge in [-0.15, -0.1) is 0 Å². The second-order valence-corrected chi connectivity index (χ2v) is 6.13. The maximum atomic E-state index is 12.3. The van der Waals surface area contributed by atoms with E-state index in [1.165, 1.54) is 17.9 Å². The van der Waals surface area contributed by atoms with Crippen LogP contribution < -0.4 is 10.2 Å². The molecule has 126 valence electrons. The molecule has 0 aromatic carbocycles. The van der Waals surface area contributed by atoms with Crippen molar-refractivity contribution in [3.63, 3.8) is 0 Å². The van der Waals surface area contributed by atoms with Gasteiger partial charge in [-0.05, 0) is 25.0 Å². The molecule has 0 spiro atoms. The summed E-state index contributed by atoms with van der Waals surface area (Å²) in [7, 11) is 1.48. The summed E-state index contributed by atoms with van der Waals surface area (Å²) in [5.41, 5.74) is 0.218. The number of nitrogens with zero attached hydrogens (tertiary/aromatic N) is 3. The minimum Gasteiger partial charge on any atom is -0.478 e. The summed E-state index contributed by atoms with van der Waals surface area (Å²) in [6, 6.07) is 3.16. The maximum absolute atomic E-state index is 12.3. The zero-order valence-corrected chi connectivity index (χ0v) is 13.8. The molecule has 3 rings (SSSR count). The van der Waals surface area contributed by atoms with Crippen molar-refractivity contribution in [3.8, 4) is 0 Å². The Hall–Kier alpha value is -2.90. The number of aromatic nitrogens is 2. The Labute approximate surface area is 138 Å². The zero-order valence-electron chi connectivity index (χ0n) is 13.8. The molecule has 2 aromatic heterocycles. The first-order valence-corrected chi connectivity index (χ1v) is 7.49. The zero-order chi connectivity index (χ0) is 17.6. The van der Waals surface area contributed by atoms with Crippen molar-refractivity contribution in [2.24, 2.45) is 10.9 Å². The van der Waals surface area contributed by atoms with Crippen LogP contribution >= 0.6 is 0 Å². The number of amidine groups is 1. The van der Waals surface area contributed by atoms with Crippen molar-refractivity contribution >= 4 is 28.7 Å². The number of carbonyl (C=O) groups excluding carboxylic acids is 1. The Balaban J connectivity index is 2.21. The molecule has 3 heterocycles. The molecule has 8 nitrogen and oxygen atoms in total. The molecular weight excluding hydrogens is 312 g/mol. The highest BCUT2D eigenvalue weighted by atomic mass is 16.6. The van der Waals surface area contributed by atoms with E-state index < -0.39 is 11.5 Å². The molecule has 1 aliphatic rings. The molecule has 1 aliphatic heterocycles. The van der Waals surface area contributed by atoms with Crippen molar-refractivity contribution in [2.75, 3.05) is 7.11 Å². The number of carbonyl (C=O) groups is 2. The van der Waals surface area contributed by atoms with Gasteiger partial charge in [-0.1, -0.05) is 13.8 Å². The van der Waals surface area contributed by atoms with Crippen LogP contribution in [-0.2, 0) is 4.79 Å². The summed E-state index contributed by atoms with van der Waals surface area (Å²) in [6.07, 6.45) is 1.64. The fraction of sp³-hybridized carbons (Fsp3) is 0.375. The molecular formula is C16H18N4O4. The van der Waals surface area contributed by atoms with Crippen molar-refractivity contribution < 1.29 is 19.5 Å². The number of aromatic carboxylic acids is 1. The van der Waals surface area contributed by atoms with Gasteiger partial charge >= 0.3 is 5.97 Å². The highest BCUT2D eigenvalue weighted by Crippen LogP contribution is 2.28. The van der Waals surface area contributed by atoms with Crippen LogP contribution in [0.25, 0.3) is 11.0 Å². The number of aliphatic imine (C=N–C) groups is 1. The summed E-state index contributed by atoms with van der Waals surface area (Å²) in [4.78, 5) is 37.9. The molecule has 24 heavy (non-hydrogen) atoms. The number of carboxylic acid groups (broad SMARTS) is 1. The third-order valence-corrected chi connectivity index (χ3v) is 4.45. The molecule has 1 atom stereocenters. The number of nitrogens with one attached hydrogen (secondary N) is 1. The summed E-state index contributed by atoms with van der Waals surface area (Å²) in [6.45, 7) is 5.50. The lowest BCUT2D eigenvalue weighted by molar-refractivity contribution is -0.124. The third-order valence-electron chi connectivity index (χ3n) is 4.45. The molecule has 1 unspecified atom stereocenters. The number of hydrogen-bond acceptors (Lipinski definition) is 5. The van der Waals surface area contributed by atoms with Gasteiger partial charge in [0.25, 0.3) is 5.91 Å². The van der Waals surface area contributed by atoms with Crippen molar-refractivity contribution in [2.45, 2.75) is 26.3 Å². The lowest BCUT2D eigenvalue weighted by Crippen LogP contribution is -2.41. The summed E-state index contributed by atoms with van der Waals surface area (Å²) >= 11 is 0. The van der Waals surface area contributed by atoms with E-state index in [0.717, 1.165) is 0 Å². The van der Waals surface area contributed by atoms with Gasteiger partial charge < -0.3 is 15.3 Å². The van der Waals surface area contributed by atoms with Crippen LogP contribution in [0.4, 0.5) is 0 Å². The quantitative estimate of drug-likeness (QED) is 0.873. The SMILES string of the molecule is COn1ccc2nc(C3=NC(C)(C(C)C)C(=O)N3)c(C(=O)O)cc21. The molecule has 2 N–H and O–H groups in total. The summed E-state index contributed by atoms with van der Waals surface area (Å²) < 4.78 is 1.42. The fourth-order valence-corrected chi connectivity index (χ4v) is 2.59. The van der Waals surface area contributed by atoms with Gasteiger partial charge in [0.05, 0.1) is 11.1 Å². The molecule has 0 saturated heterocycles. The first kappa shape index (κ1) is 16.0. The van der Waals surface area contributed by atoms with E-state index >= 15 is 0 Å². The number of hydrogen-bond donors (Lipinski definition) is 2. The third kappa shape index (κ3) is 2.22. The van der Waals surface area contributed by atoms with Crippen LogP contribution in [0.15, 0.2) is 23.3 Å². The fourth-order valence-electron chi connectivity index (χ4n) is 2.59. The maximum Gasteiger partial charge on any atom is 0.338 e. The van der Waals surface area contributed by atoms with E-state index in [4.69, 9.17) is 4.84 Å². The Morgan fingerprint density at radius 2 is 2.17 bits per heavy atom. The van der Waals surface area contributed by atoms with E-state index in [1.54, 1.807) is 19.2 Å². The monoisotopic (exact) mass is 330 g/mol. The average molecular weight is 330 g/mol. The van der Waals surface area contributed by atoms with Gasteiger partial charge in [0.15, 0.2) is 5.84 Å². The molecule has 2 aromatic rings. The van der Waals surface area contributed by atoms with E-state index in [9.17, 15) is 14.7 Å². The van der Waals surface area contributed by atoms with Gasteiger partial charge in [-0.3, -0.25) is 4.79 Å². The average Bonchev–Trinajstić information content (AvgIpc) is 3.07. The molecule has 0 bridgehead atoms. The van der Waals surface area contributed by atoms with Crippen molar-refractivity contribution in [1.29, 1.82) is 0 Å². The molecule has 0 saturated carbocycles. The van der Waals surface area contributed by atoms with Gasteiger partial charge in [-0.2, -0.15) is 4.73 Å². The standard InChI is InChI=1S/C16H18N4O4/c1-8(2)16(3)15(23)18-13(19-16)12-9(14(21)22)7-11-10(17-12)5-6-20(11)24-4/h5-8H,1-4H3,(H,21,22)(H,18,19,23). The minimum absolute atomic E-state index is 0.0402. The Morgan fingerprint density at radius 3 is 2.71 bits per heavy atom. The van der Waals surface area contributed by atoms with Gasteiger partial charge in [0.1, 0.15) is 23.9 Å². The molecule has 0 fully saturated rings. The number of pyridine rings is 1. The summed E-state index contributed by atoms with van der Waals surface area (Å²) in [5.74, 6) is -1.28. The lowest BCUT2D eigenvalue weighted by Gasteiger charge is -2.21. The Kier molecular flexibility index (Phi) is 3.55. The van der Waals surface area contributed by atoms with Gasteiger partial charge in [0, 0.05) is 6.20 Å². The molecule has 8 heteroatoms. The highest BCUT2D eigenvalue weighted by molar-refractivity contribution is 6.18. The topological polar surface area (TPSA) is 106 Å². The molecule has 0 radical (unpaired) electrons. The molecule has 1 amide bonds. The number of carboxylic acids is 1. The van der Waals surface area contributed by atoms with Crippen LogP contribution in [-0.4, -0.2) is 45.2 Å². The predicted molar refractivity (Wildman–Crippen MR) is 87.1 cm³/mol. The van der Waals surface area contributed by atoms with E-state index in [2.05, 4.69) is 15.3 Å². The lowest BCUT2D eigenvalue weighted by atomic mass is 9.89. The second-order valence-electron chi connectivity index (χ2n) is 6.13. The molecule has 0 aliphatic carbocycles. The van der Waals surface area contributed by atoms with E-state index in [0.29, 0.717) is 11.0 Å². The minimum atomic E-state index is -1.15. The first-order valence-electron chi connectivity index (χ1n) is 7.49. The largest absolute Gasteiger partial charge is 0.478 e. The van der Waals surface area contributed by atoms with Crippen LogP contribution in [0.1, 0.15) is 36.8 Å². The predicted octanol–water partition coefficient (Wildman–Crippen LogP) is 1.08.